The van der Waals surface area contributed by atoms with E-state index in [1.54, 1.807) is 0 Å². The second kappa shape index (κ2) is 7.80. The van der Waals surface area contributed by atoms with E-state index in [1.165, 1.54) is 11.1 Å². The van der Waals surface area contributed by atoms with Crippen LogP contribution in [0.5, 0.6) is 0 Å². The second-order valence-electron chi connectivity index (χ2n) is 3.21. The molecule has 77 valence electrons. The first-order valence-electron chi connectivity index (χ1n) is 4.67. The summed E-state index contributed by atoms with van der Waals surface area (Å²) < 4.78 is 0. The van der Waals surface area contributed by atoms with E-state index in [2.05, 4.69) is 30.8 Å². The first-order valence-corrected chi connectivity index (χ1v) is 4.67. The average molecular weight is 461 g/mol. The zero-order valence-electron chi connectivity index (χ0n) is 9.07. The summed E-state index contributed by atoms with van der Waals surface area (Å²) in [6.45, 7) is 4.10. The van der Waals surface area contributed by atoms with Crippen LogP contribution >= 0.6 is 0 Å². The molecule has 16 heavy (non-hydrogen) atoms. The van der Waals surface area contributed by atoms with E-state index >= 15 is 0 Å². The van der Waals surface area contributed by atoms with Crippen LogP contribution in [0.15, 0.2) is 67.2 Å². The summed E-state index contributed by atoms with van der Waals surface area (Å²) in [6.07, 6.45) is 0. The molecule has 0 aliphatic rings. The largest absolute Gasteiger partial charge is 1.00 e. The minimum Gasteiger partial charge on any atom is -1.00 e. The number of benzene rings is 2. The normalized spacial score (nSPS) is 8.50. The van der Waals surface area contributed by atoms with E-state index in [4.69, 9.17) is 0 Å². The molecule has 1 radical (unpaired) electrons. The summed E-state index contributed by atoms with van der Waals surface area (Å²) in [5.74, 6) is 0. The van der Waals surface area contributed by atoms with Crippen molar-refractivity contribution < 1.29 is 44.7 Å². The zero-order chi connectivity index (χ0) is 9.80. The SMILES string of the molecule is C=C(c1ccccc1)c1ccccc1.[Br-].[Hg+]. The summed E-state index contributed by atoms with van der Waals surface area (Å²) >= 11 is 0. The average Bonchev–Trinajstić information content (AvgIpc) is 2.30. The van der Waals surface area contributed by atoms with Gasteiger partial charge in [-0.25, -0.2) is 0 Å². The standard InChI is InChI=1S/C14H12.BrH.Hg/c1-12(13-8-4-2-5-9-13)14-10-6-3-7-11-14;;/h2-11H,1H2;1H;/q;;+1/p-1. The maximum atomic E-state index is 4.10. The molecule has 0 fully saturated rings. The Morgan fingerprint density at radius 1 is 0.688 bits per heavy atom. The van der Waals surface area contributed by atoms with Gasteiger partial charge in [-0.3, -0.25) is 0 Å². The molecule has 0 unspecified atom stereocenters. The van der Waals surface area contributed by atoms with E-state index in [1.807, 2.05) is 36.4 Å². The maximum Gasteiger partial charge on any atom is 1.00 e. The van der Waals surface area contributed by atoms with Crippen LogP contribution in [0.3, 0.4) is 0 Å². The molecule has 0 bridgehead atoms. The molecule has 2 heteroatoms. The van der Waals surface area contributed by atoms with E-state index in [9.17, 15) is 0 Å². The molecule has 0 aromatic heterocycles. The van der Waals surface area contributed by atoms with Crippen LogP contribution in [0.2, 0.25) is 0 Å². The molecular weight excluding hydrogens is 449 g/mol. The summed E-state index contributed by atoms with van der Waals surface area (Å²) in [4.78, 5) is 0. The van der Waals surface area contributed by atoms with Gasteiger partial charge in [-0.15, -0.1) is 0 Å². The quantitative estimate of drug-likeness (QED) is 0.581. The molecule has 0 saturated carbocycles. The summed E-state index contributed by atoms with van der Waals surface area (Å²) in [5, 5.41) is 0. The number of halogens is 1. The molecule has 2 aromatic carbocycles. The third-order valence-corrected chi connectivity index (χ3v) is 2.24. The Morgan fingerprint density at radius 2 is 1.00 bits per heavy atom. The van der Waals surface area contributed by atoms with Crippen LogP contribution in [0.25, 0.3) is 5.57 Å². The summed E-state index contributed by atoms with van der Waals surface area (Å²) in [5.41, 5.74) is 3.43. The van der Waals surface area contributed by atoms with Gasteiger partial charge >= 0.3 is 27.7 Å². The van der Waals surface area contributed by atoms with Crippen molar-refractivity contribution in [3.8, 4) is 0 Å². The Bertz CT molecular complexity index is 382. The molecule has 0 nitrogen and oxygen atoms in total. The van der Waals surface area contributed by atoms with Gasteiger partial charge < -0.3 is 17.0 Å². The molecule has 2 rings (SSSR count). The van der Waals surface area contributed by atoms with Crippen molar-refractivity contribution in [3.63, 3.8) is 0 Å². The molecule has 0 atom stereocenters. The summed E-state index contributed by atoms with van der Waals surface area (Å²) in [7, 11) is 0. The first-order chi connectivity index (χ1) is 6.88. The van der Waals surface area contributed by atoms with Crippen LogP contribution in [0, 0.1) is 0 Å². The molecule has 0 amide bonds. The second-order valence-corrected chi connectivity index (χ2v) is 3.21. The molecule has 0 spiro atoms. The number of hydrogen-bond donors (Lipinski definition) is 0. The minimum atomic E-state index is 0. The van der Waals surface area contributed by atoms with Crippen molar-refractivity contribution in [2.24, 2.45) is 0 Å². The molecular formula is C14H12BrHg. The Kier molecular flexibility index (Phi) is 7.60. The van der Waals surface area contributed by atoms with E-state index < -0.39 is 0 Å². The van der Waals surface area contributed by atoms with Crippen molar-refractivity contribution in [1.82, 2.24) is 0 Å². The Labute approximate surface area is 128 Å². The number of hydrogen-bond acceptors (Lipinski definition) is 0. The monoisotopic (exact) mass is 461 g/mol. The van der Waals surface area contributed by atoms with Gasteiger partial charge in [0.25, 0.3) is 0 Å². The fourth-order valence-electron chi connectivity index (χ4n) is 1.45. The molecule has 0 aliphatic carbocycles. The van der Waals surface area contributed by atoms with Gasteiger partial charge in [0.05, 0.1) is 0 Å². The van der Waals surface area contributed by atoms with E-state index in [0.29, 0.717) is 0 Å². The van der Waals surface area contributed by atoms with Crippen LogP contribution in [0.1, 0.15) is 11.1 Å². The fraction of sp³-hybridized carbons (Fsp3) is 0. The fourth-order valence-corrected chi connectivity index (χ4v) is 1.45. The Morgan fingerprint density at radius 3 is 1.31 bits per heavy atom. The topological polar surface area (TPSA) is 0 Å². The molecule has 0 N–H and O–H groups in total. The van der Waals surface area contributed by atoms with Crippen molar-refractivity contribution in [2.75, 3.05) is 0 Å². The third-order valence-electron chi connectivity index (χ3n) is 2.24. The van der Waals surface area contributed by atoms with Crippen molar-refractivity contribution in [3.05, 3.63) is 78.4 Å². The maximum absolute atomic E-state index is 4.10. The van der Waals surface area contributed by atoms with Gasteiger partial charge in [0.2, 0.25) is 0 Å². The predicted octanol–water partition coefficient (Wildman–Crippen LogP) is 0.750. The Balaban J connectivity index is 0.00000112. The van der Waals surface area contributed by atoms with Crippen LogP contribution in [-0.4, -0.2) is 0 Å². The van der Waals surface area contributed by atoms with Crippen molar-refractivity contribution in [1.29, 1.82) is 0 Å². The molecule has 0 aliphatic heterocycles. The van der Waals surface area contributed by atoms with Gasteiger partial charge in [0.1, 0.15) is 0 Å². The zero-order valence-corrected chi connectivity index (χ0v) is 16.1. The van der Waals surface area contributed by atoms with E-state index in [-0.39, 0.29) is 44.7 Å². The van der Waals surface area contributed by atoms with E-state index in [0.717, 1.165) is 5.57 Å². The van der Waals surface area contributed by atoms with Gasteiger partial charge in [-0.2, -0.15) is 0 Å². The summed E-state index contributed by atoms with van der Waals surface area (Å²) in [6, 6.07) is 20.5. The smallest absolute Gasteiger partial charge is 1.00 e. The molecule has 2 aromatic rings. The predicted molar refractivity (Wildman–Crippen MR) is 61.0 cm³/mol. The van der Waals surface area contributed by atoms with Gasteiger partial charge in [0, 0.05) is 0 Å². The van der Waals surface area contributed by atoms with Crippen LogP contribution < -0.4 is 17.0 Å². The molecule has 0 saturated heterocycles. The number of rotatable bonds is 2. The van der Waals surface area contributed by atoms with Crippen molar-refractivity contribution in [2.45, 2.75) is 0 Å². The Hall–Kier alpha value is -0.405. The third kappa shape index (κ3) is 3.87. The van der Waals surface area contributed by atoms with Crippen LogP contribution in [0.4, 0.5) is 0 Å². The van der Waals surface area contributed by atoms with Gasteiger partial charge in [-0.05, 0) is 16.7 Å². The molecule has 0 heterocycles. The van der Waals surface area contributed by atoms with Crippen molar-refractivity contribution >= 4 is 5.57 Å². The van der Waals surface area contributed by atoms with Gasteiger partial charge in [0.15, 0.2) is 0 Å². The first kappa shape index (κ1) is 15.6. The van der Waals surface area contributed by atoms with Gasteiger partial charge in [-0.1, -0.05) is 67.2 Å². The minimum absolute atomic E-state index is 0. The van der Waals surface area contributed by atoms with Crippen LogP contribution in [-0.2, 0) is 27.7 Å².